The van der Waals surface area contributed by atoms with Crippen molar-refractivity contribution < 1.29 is 57.2 Å². The molecule has 0 fully saturated rings. The molecule has 0 radical (unpaired) electrons. The molecule has 1 atom stereocenters. The zero-order valence-electron chi connectivity index (χ0n) is 22.2. The van der Waals surface area contributed by atoms with E-state index in [0.29, 0.717) is 14.3 Å². The van der Waals surface area contributed by atoms with Crippen LogP contribution in [0.1, 0.15) is 82.6 Å². The van der Waals surface area contributed by atoms with Crippen molar-refractivity contribution in [1.82, 2.24) is 0 Å². The number of rotatable bonds is 5. The fourth-order valence-corrected chi connectivity index (χ4v) is 9.60. The molecule has 2 nitrogen and oxygen atoms in total. The fourth-order valence-electron chi connectivity index (χ4n) is 4.74. The number of hydrogen-bond donors (Lipinski definition) is 0. The Morgan fingerprint density at radius 2 is 1.14 bits per heavy atom. The van der Waals surface area contributed by atoms with Gasteiger partial charge in [-0.15, -0.1) is 0 Å². The molecule has 0 heterocycles. The van der Waals surface area contributed by atoms with Crippen LogP contribution in [0.4, 0.5) is 0 Å². The predicted octanol–water partition coefficient (Wildman–Crippen LogP) is 1.50. The molecule has 0 saturated heterocycles. The van der Waals surface area contributed by atoms with Crippen LogP contribution in [0.2, 0.25) is 0 Å². The van der Waals surface area contributed by atoms with Crippen LogP contribution in [0, 0.1) is 5.41 Å². The smallest absolute Gasteiger partial charge is 1.00 e. The van der Waals surface area contributed by atoms with Crippen LogP contribution in [0.5, 0.6) is 0 Å². The maximum atomic E-state index is 13.9. The van der Waals surface area contributed by atoms with Gasteiger partial charge in [-0.2, -0.15) is 0 Å². The van der Waals surface area contributed by atoms with Gasteiger partial charge < -0.3 is 24.8 Å². The number of halogens is 2. The van der Waals surface area contributed by atoms with Gasteiger partial charge >= 0.3 is 221 Å². The molecule has 5 heteroatoms. The van der Waals surface area contributed by atoms with Gasteiger partial charge in [0.2, 0.25) is 0 Å². The van der Waals surface area contributed by atoms with E-state index in [0.717, 1.165) is 0 Å². The maximum Gasteiger partial charge on any atom is -1.00 e. The molecule has 191 valence electrons. The first-order valence-electron chi connectivity index (χ1n) is 12.2. The first kappa shape index (κ1) is 31.3. The quantitative estimate of drug-likeness (QED) is 0.324. The van der Waals surface area contributed by atoms with Crippen LogP contribution in [-0.2, 0) is 28.2 Å². The Morgan fingerprint density at radius 3 is 1.57 bits per heavy atom. The van der Waals surface area contributed by atoms with Crippen LogP contribution < -0.4 is 24.8 Å². The van der Waals surface area contributed by atoms with Gasteiger partial charge in [-0.1, -0.05) is 0 Å². The van der Waals surface area contributed by atoms with Crippen LogP contribution in [0.15, 0.2) is 84.4 Å². The number of ketones is 2. The zero-order valence-corrected chi connectivity index (χ0v) is 26.2. The summed E-state index contributed by atoms with van der Waals surface area (Å²) >= 11 is -1.73. The van der Waals surface area contributed by atoms with Crippen LogP contribution in [-0.4, -0.2) is 14.8 Å². The summed E-state index contributed by atoms with van der Waals surface area (Å²) in [4.78, 5) is 27.7. The Bertz CT molecular complexity index is 1280. The third kappa shape index (κ3) is 6.75. The summed E-state index contributed by atoms with van der Waals surface area (Å²) in [6.07, 6.45) is 2.33. The first-order valence-corrected chi connectivity index (χ1v) is 14.8. The Hall–Kier alpha value is -1.93. The summed E-state index contributed by atoms with van der Waals surface area (Å²) < 4.78 is 0.655. The van der Waals surface area contributed by atoms with Crippen molar-refractivity contribution in [1.29, 1.82) is 0 Å². The average molecular weight is 612 g/mol. The van der Waals surface area contributed by atoms with Crippen molar-refractivity contribution in [3.05, 3.63) is 112 Å². The standard InChI is InChI=1S/C17H23.C15H10O2.2ClH.Zr/c1-16(2,3)13-10-12-8-7-9-15(14(12)11-13)17(4,5)6;16-14(12-7-3-1-4-8-12)11-15(17)13-9-5-2-6-10-13;;;/h7-11H,1-6H3;1-10H;2*1H;/q;;;;+2/p-2. The second-order valence-electron chi connectivity index (χ2n) is 11.3. The molecule has 0 amide bonds. The van der Waals surface area contributed by atoms with Gasteiger partial charge in [0.15, 0.2) is 0 Å². The molecule has 37 heavy (non-hydrogen) atoms. The van der Waals surface area contributed by atoms with Gasteiger partial charge in [0.1, 0.15) is 0 Å². The molecule has 0 saturated carbocycles. The number of hydrogen-bond acceptors (Lipinski definition) is 2. The second-order valence-corrected chi connectivity index (χ2v) is 14.6. The van der Waals surface area contributed by atoms with E-state index in [1.165, 1.54) is 22.3 Å². The van der Waals surface area contributed by atoms with E-state index in [-0.39, 0.29) is 50.8 Å². The molecular formula is C32H33Cl2O2Zr. The van der Waals surface area contributed by atoms with Crippen molar-refractivity contribution >= 4 is 20.8 Å². The SMILES string of the molecule is CC(C)(C)C1=Cc2cccc(C(C)(C)C)c2[CH]1[Zr+2]=[C](C(=O)c1ccccc1)C(=O)c1ccccc1.[Cl-].[Cl-]. The van der Waals surface area contributed by atoms with Gasteiger partial charge in [0.05, 0.1) is 0 Å². The van der Waals surface area contributed by atoms with E-state index >= 15 is 0 Å². The van der Waals surface area contributed by atoms with Crippen molar-refractivity contribution in [2.75, 3.05) is 0 Å². The van der Waals surface area contributed by atoms with Crippen molar-refractivity contribution in [2.45, 2.75) is 50.6 Å². The molecule has 0 aromatic heterocycles. The minimum Gasteiger partial charge on any atom is -1.00 e. The van der Waals surface area contributed by atoms with Crippen LogP contribution in [0.3, 0.4) is 0 Å². The van der Waals surface area contributed by atoms with Gasteiger partial charge in [0, 0.05) is 0 Å². The number of Topliss-reactive ketones (excluding diaryl/α,β-unsaturated/α-hetero) is 2. The molecule has 1 aliphatic carbocycles. The summed E-state index contributed by atoms with van der Waals surface area (Å²) in [7, 11) is 0. The topological polar surface area (TPSA) is 34.1 Å². The van der Waals surface area contributed by atoms with Gasteiger partial charge in [-0.05, 0) is 0 Å². The Kier molecular flexibility index (Phi) is 10.4. The van der Waals surface area contributed by atoms with Crippen molar-refractivity contribution in [3.63, 3.8) is 0 Å². The summed E-state index contributed by atoms with van der Waals surface area (Å²) in [5.41, 5.74) is 6.33. The Morgan fingerprint density at radius 1 is 0.649 bits per heavy atom. The number of carbonyl (C=O) groups excluding carboxylic acids is 2. The predicted molar refractivity (Wildman–Crippen MR) is 142 cm³/mol. The number of benzene rings is 3. The molecule has 3 aromatic carbocycles. The molecule has 0 spiro atoms. The molecule has 4 rings (SSSR count). The molecule has 1 unspecified atom stereocenters. The van der Waals surface area contributed by atoms with Gasteiger partial charge in [-0.3, -0.25) is 0 Å². The van der Waals surface area contributed by atoms with Crippen molar-refractivity contribution in [2.24, 2.45) is 5.41 Å². The number of allylic oxidation sites excluding steroid dienone is 1. The van der Waals surface area contributed by atoms with E-state index < -0.39 is 22.8 Å². The molecule has 0 N–H and O–H groups in total. The van der Waals surface area contributed by atoms with Crippen molar-refractivity contribution in [3.8, 4) is 0 Å². The average Bonchev–Trinajstić information content (AvgIpc) is 3.21. The number of fused-ring (bicyclic) bond motifs is 1. The van der Waals surface area contributed by atoms with Crippen LogP contribution >= 0.6 is 0 Å². The maximum absolute atomic E-state index is 13.9. The van der Waals surface area contributed by atoms with Gasteiger partial charge in [-0.25, -0.2) is 0 Å². The van der Waals surface area contributed by atoms with E-state index in [1.54, 1.807) is 0 Å². The summed E-state index contributed by atoms with van der Waals surface area (Å²) in [5.74, 6) is -0.220. The summed E-state index contributed by atoms with van der Waals surface area (Å²) in [5, 5.41) is 0. The summed E-state index contributed by atoms with van der Waals surface area (Å²) in [6.45, 7) is 13.5. The fraction of sp³-hybridized carbons (Fsp3) is 0.281. The monoisotopic (exact) mass is 609 g/mol. The van der Waals surface area contributed by atoms with E-state index in [1.807, 2.05) is 60.7 Å². The van der Waals surface area contributed by atoms with Gasteiger partial charge in [0.25, 0.3) is 0 Å². The minimum atomic E-state index is -1.73. The third-order valence-electron chi connectivity index (χ3n) is 6.54. The largest absolute Gasteiger partial charge is 1.00 e. The second kappa shape index (κ2) is 12.3. The normalized spacial score (nSPS) is 14.3. The third-order valence-corrected chi connectivity index (χ3v) is 10.5. The Labute approximate surface area is 244 Å². The zero-order chi connectivity index (χ0) is 25.4. The molecule has 1 aliphatic rings. The number of carbonyl (C=O) groups is 2. The minimum absolute atomic E-state index is 0. The molecular weight excluding hydrogens is 578 g/mol. The van der Waals surface area contributed by atoms with E-state index in [9.17, 15) is 9.59 Å². The first-order chi connectivity index (χ1) is 16.5. The molecule has 0 bridgehead atoms. The summed E-state index contributed by atoms with van der Waals surface area (Å²) in [6, 6.07) is 25.1. The van der Waals surface area contributed by atoms with E-state index in [4.69, 9.17) is 0 Å². The molecule has 0 aliphatic heterocycles. The Balaban J connectivity index is 0.00000241. The molecule has 3 aromatic rings. The van der Waals surface area contributed by atoms with Crippen LogP contribution in [0.25, 0.3) is 6.08 Å². The van der Waals surface area contributed by atoms with E-state index in [2.05, 4.69) is 65.8 Å².